The van der Waals surface area contributed by atoms with Gasteiger partial charge < -0.3 is 75.8 Å². The van der Waals surface area contributed by atoms with E-state index < -0.39 is 67.2 Å². The van der Waals surface area contributed by atoms with E-state index in [1.54, 1.807) is 91.0 Å². The Balaban J connectivity index is 1.44. The quantitative estimate of drug-likeness (QED) is 0.0288. The number of rotatable bonds is 26. The van der Waals surface area contributed by atoms with Crippen molar-refractivity contribution in [2.24, 2.45) is 0 Å². The Labute approximate surface area is 473 Å². The van der Waals surface area contributed by atoms with Crippen LogP contribution in [0.25, 0.3) is 30.4 Å². The van der Waals surface area contributed by atoms with E-state index in [1.165, 1.54) is 101 Å². The fourth-order valence-corrected chi connectivity index (χ4v) is 8.00. The normalized spacial score (nSPS) is 16.8. The van der Waals surface area contributed by atoms with Crippen LogP contribution in [0.15, 0.2) is 121 Å². The lowest BCUT2D eigenvalue weighted by Crippen LogP contribution is -2.63. The van der Waals surface area contributed by atoms with Crippen molar-refractivity contribution in [2.45, 2.75) is 30.7 Å². The summed E-state index contributed by atoms with van der Waals surface area (Å²) in [4.78, 5) is 70.0. The largest absolute Gasteiger partial charge is 0.493 e. The molecule has 1 saturated heterocycles. The maximum Gasteiger partial charge on any atom is 0.333 e. The van der Waals surface area contributed by atoms with Crippen LogP contribution in [0, 0.1) is 0 Å². The van der Waals surface area contributed by atoms with E-state index in [1.807, 2.05) is 0 Å². The highest BCUT2D eigenvalue weighted by Gasteiger charge is 2.54. The first-order valence-corrected chi connectivity index (χ1v) is 24.9. The van der Waals surface area contributed by atoms with Gasteiger partial charge in [-0.1, -0.05) is 30.3 Å². The Bertz CT molecular complexity index is 3190. The highest BCUT2D eigenvalue weighted by atomic mass is 16.7. The van der Waals surface area contributed by atoms with E-state index in [0.717, 1.165) is 30.4 Å². The molecule has 5 aromatic carbocycles. The third-order valence-electron chi connectivity index (χ3n) is 12.1. The summed E-state index contributed by atoms with van der Waals surface area (Å²) in [6.45, 7) is -0.739. The van der Waals surface area contributed by atoms with E-state index in [9.17, 15) is 24.0 Å². The SMILES string of the molecule is COc1ccc(/C=C/C(=O)OC[C@H]2O[C@@H](OC(=O)/C=C/c3ccc(OC)c(OC)c3)[C@@H](OC(=O)/C=C/c3ccc(OC)c(OC)c3)[C@@H](OC(=O)/C=C/c3ccc(OC)c(OC)c3)[C@H]2OC(=O)/C=C/c2ccc(OC)c(OC)c2)cc1OC. The van der Waals surface area contributed by atoms with Crippen molar-refractivity contribution >= 4 is 60.2 Å². The second-order valence-electron chi connectivity index (χ2n) is 17.1. The number of ether oxygens (including phenoxy) is 16. The summed E-state index contributed by atoms with van der Waals surface area (Å²) in [5, 5.41) is 0. The lowest BCUT2D eigenvalue weighted by Gasteiger charge is -2.43. The van der Waals surface area contributed by atoms with E-state index in [4.69, 9.17) is 75.8 Å². The first-order chi connectivity index (χ1) is 39.7. The van der Waals surface area contributed by atoms with E-state index >= 15 is 0 Å². The van der Waals surface area contributed by atoms with Crippen molar-refractivity contribution in [1.29, 1.82) is 0 Å². The molecule has 0 amide bonds. The van der Waals surface area contributed by atoms with Gasteiger partial charge in [-0.15, -0.1) is 0 Å². The van der Waals surface area contributed by atoms with Gasteiger partial charge in [0.1, 0.15) is 12.7 Å². The summed E-state index contributed by atoms with van der Waals surface area (Å²) in [7, 11) is 14.6. The van der Waals surface area contributed by atoms with Crippen molar-refractivity contribution < 1.29 is 99.8 Å². The Morgan fingerprint density at radius 1 is 0.329 bits per heavy atom. The molecular weight excluding hydrogens is 1070 g/mol. The van der Waals surface area contributed by atoms with Crippen LogP contribution in [0.5, 0.6) is 57.5 Å². The first-order valence-electron chi connectivity index (χ1n) is 24.9. The monoisotopic (exact) mass is 1130 g/mol. The zero-order valence-electron chi connectivity index (χ0n) is 46.6. The maximum absolute atomic E-state index is 14.2. The molecule has 0 spiro atoms. The lowest BCUT2D eigenvalue weighted by atomic mass is 9.98. The molecule has 1 fully saturated rings. The maximum atomic E-state index is 14.2. The van der Waals surface area contributed by atoms with Gasteiger partial charge in [-0.3, -0.25) is 0 Å². The second-order valence-corrected chi connectivity index (χ2v) is 17.1. The second kappa shape index (κ2) is 30.5. The predicted molar refractivity (Wildman–Crippen MR) is 298 cm³/mol. The molecule has 0 saturated carbocycles. The van der Waals surface area contributed by atoms with E-state index in [0.29, 0.717) is 85.3 Å². The minimum absolute atomic E-state index is 0.351. The molecule has 0 aliphatic carbocycles. The van der Waals surface area contributed by atoms with Crippen molar-refractivity contribution in [3.05, 3.63) is 149 Å². The standard InChI is InChI=1S/C61H62O21/c1-67-42-21-11-37(31-47(42)72-6)16-26-53(62)77-36-52-58(79-54(63)27-17-38-12-22-43(68-2)48(32-38)73-7)59(80-55(64)28-18-39-13-23-44(69-3)49(33-39)74-8)60(81-56(65)29-19-40-14-24-45(70-4)50(34-40)75-9)61(78-52)82-57(66)30-20-41-15-25-46(71-5)51(35-41)76-10/h11-35,52,58-61H,36H2,1-10H3/b26-16+,27-17+,28-18+,29-19+,30-20+/t52-,58+,59+,60+,61+/m1/s1. The van der Waals surface area contributed by atoms with Gasteiger partial charge in [0.05, 0.1) is 71.1 Å². The summed E-state index contributed by atoms with van der Waals surface area (Å²) >= 11 is 0. The van der Waals surface area contributed by atoms with Crippen LogP contribution < -0.4 is 47.4 Å². The molecule has 21 heteroatoms. The molecule has 1 heterocycles. The van der Waals surface area contributed by atoms with Gasteiger partial charge in [0, 0.05) is 30.4 Å². The summed E-state index contributed by atoms with van der Waals surface area (Å²) in [6, 6.07) is 24.4. The molecule has 432 valence electrons. The van der Waals surface area contributed by atoms with Gasteiger partial charge >= 0.3 is 29.8 Å². The molecule has 0 aromatic heterocycles. The molecule has 0 bridgehead atoms. The van der Waals surface area contributed by atoms with Gasteiger partial charge in [-0.2, -0.15) is 0 Å². The number of hydrogen-bond acceptors (Lipinski definition) is 21. The molecule has 1 aliphatic heterocycles. The van der Waals surface area contributed by atoms with Gasteiger partial charge in [-0.25, -0.2) is 24.0 Å². The topological polar surface area (TPSA) is 233 Å². The Morgan fingerprint density at radius 3 is 0.878 bits per heavy atom. The average Bonchev–Trinajstić information content (AvgIpc) is 3.54. The minimum Gasteiger partial charge on any atom is -0.493 e. The molecule has 1 aliphatic rings. The third-order valence-corrected chi connectivity index (χ3v) is 12.1. The molecule has 0 unspecified atom stereocenters. The zero-order chi connectivity index (χ0) is 59.1. The molecule has 21 nitrogen and oxygen atoms in total. The van der Waals surface area contributed by atoms with Crippen LogP contribution in [-0.2, 0) is 52.4 Å². The summed E-state index contributed by atoms with van der Waals surface area (Å²) < 4.78 is 90.0. The zero-order valence-corrected chi connectivity index (χ0v) is 46.6. The Hall–Kier alpha value is -9.89. The number of carbonyl (C=O) groups excluding carboxylic acids is 5. The molecule has 5 aromatic rings. The summed E-state index contributed by atoms with van der Waals surface area (Å²) in [5.74, 6) is -1.19. The first kappa shape index (κ1) is 61.3. The summed E-state index contributed by atoms with van der Waals surface area (Å²) in [5.41, 5.74) is 2.42. The molecule has 0 N–H and O–H groups in total. The highest BCUT2D eigenvalue weighted by Crippen LogP contribution is 2.35. The summed E-state index contributed by atoms with van der Waals surface area (Å²) in [6.07, 6.45) is 3.10. The highest BCUT2D eigenvalue weighted by molar-refractivity contribution is 5.90. The molecule has 82 heavy (non-hydrogen) atoms. The fourth-order valence-electron chi connectivity index (χ4n) is 8.00. The Kier molecular flexibility index (Phi) is 22.8. The molecule has 5 atom stereocenters. The van der Waals surface area contributed by atoms with Crippen LogP contribution in [0.4, 0.5) is 0 Å². The van der Waals surface area contributed by atoms with E-state index in [-0.39, 0.29) is 0 Å². The van der Waals surface area contributed by atoms with Crippen LogP contribution in [0.1, 0.15) is 27.8 Å². The molecular formula is C61H62O21. The van der Waals surface area contributed by atoms with Gasteiger partial charge in [0.15, 0.2) is 69.7 Å². The number of methoxy groups -OCH3 is 10. The van der Waals surface area contributed by atoms with Crippen molar-refractivity contribution in [3.8, 4) is 57.5 Å². The molecule has 0 radical (unpaired) electrons. The predicted octanol–water partition coefficient (Wildman–Crippen LogP) is 8.19. The number of hydrogen-bond donors (Lipinski definition) is 0. The Morgan fingerprint density at radius 2 is 0.585 bits per heavy atom. The molecule has 6 rings (SSSR count). The van der Waals surface area contributed by atoms with E-state index in [2.05, 4.69) is 0 Å². The van der Waals surface area contributed by atoms with Gasteiger partial charge in [0.25, 0.3) is 0 Å². The van der Waals surface area contributed by atoms with Crippen molar-refractivity contribution in [1.82, 2.24) is 0 Å². The number of carbonyl (C=O) groups is 5. The fraction of sp³-hybridized carbons (Fsp3) is 0.262. The van der Waals surface area contributed by atoms with Crippen LogP contribution in [0.3, 0.4) is 0 Å². The minimum atomic E-state index is -1.98. The number of benzene rings is 5. The lowest BCUT2D eigenvalue weighted by molar-refractivity contribution is -0.298. The van der Waals surface area contributed by atoms with Gasteiger partial charge in [-0.05, 0) is 119 Å². The van der Waals surface area contributed by atoms with Gasteiger partial charge in [0.2, 0.25) is 12.4 Å². The third kappa shape index (κ3) is 16.8. The smallest absolute Gasteiger partial charge is 0.333 e. The number of esters is 5. The van der Waals surface area contributed by atoms with Crippen molar-refractivity contribution in [2.75, 3.05) is 77.7 Å². The van der Waals surface area contributed by atoms with Crippen LogP contribution in [-0.4, -0.2) is 138 Å². The van der Waals surface area contributed by atoms with Crippen molar-refractivity contribution in [3.63, 3.8) is 0 Å². The average molecular weight is 1130 g/mol. The van der Waals surface area contributed by atoms with Crippen LogP contribution >= 0.6 is 0 Å². The van der Waals surface area contributed by atoms with Crippen LogP contribution in [0.2, 0.25) is 0 Å².